The average molecular weight is 412 g/mol. The van der Waals surface area contributed by atoms with Crippen LogP contribution in [0.25, 0.3) is 0 Å². The molecule has 8 heteroatoms. The number of halogens is 1. The van der Waals surface area contributed by atoms with Gasteiger partial charge in [0.15, 0.2) is 0 Å². The van der Waals surface area contributed by atoms with Crippen molar-refractivity contribution in [3.8, 4) is 0 Å². The minimum Gasteiger partial charge on any atom is -0.598 e. The van der Waals surface area contributed by atoms with Crippen molar-refractivity contribution in [1.29, 1.82) is 0 Å². The summed E-state index contributed by atoms with van der Waals surface area (Å²) < 4.78 is 36.4. The first kappa shape index (κ1) is 22.6. The van der Waals surface area contributed by atoms with Crippen molar-refractivity contribution in [1.82, 2.24) is 0 Å². The summed E-state index contributed by atoms with van der Waals surface area (Å²) in [5, 5.41) is 5.71. The Kier molecular flexibility index (Phi) is 7.47. The summed E-state index contributed by atoms with van der Waals surface area (Å²) in [5.74, 6) is 0.443. The van der Waals surface area contributed by atoms with Gasteiger partial charge in [0.1, 0.15) is 22.6 Å². The molecular formula is C20H30FN3O3S. The van der Waals surface area contributed by atoms with Crippen LogP contribution in [0, 0.1) is 11.7 Å². The number of hydrogen-bond acceptors (Lipinski definition) is 6. The Hall–Kier alpha value is -1.64. The maximum absolute atomic E-state index is 14.0. The first-order valence-electron chi connectivity index (χ1n) is 9.25. The van der Waals surface area contributed by atoms with E-state index in [1.54, 1.807) is 20.3 Å². The zero-order valence-electron chi connectivity index (χ0n) is 17.3. The minimum absolute atomic E-state index is 0.172. The van der Waals surface area contributed by atoms with Crippen LogP contribution in [0.3, 0.4) is 0 Å². The lowest BCUT2D eigenvalue weighted by Crippen LogP contribution is -2.44. The lowest BCUT2D eigenvalue weighted by molar-refractivity contribution is 0.320. The monoisotopic (exact) mass is 411 g/mol. The Balaban J connectivity index is 2.55. The highest BCUT2D eigenvalue weighted by atomic mass is 32.2. The lowest BCUT2D eigenvalue weighted by atomic mass is 9.83. The van der Waals surface area contributed by atoms with E-state index in [0.717, 1.165) is 5.56 Å². The fourth-order valence-electron chi connectivity index (χ4n) is 3.34. The third-order valence-corrected chi connectivity index (χ3v) is 6.26. The number of rotatable bonds is 6. The molecule has 0 aromatic heterocycles. The summed E-state index contributed by atoms with van der Waals surface area (Å²) in [6, 6.07) is 5.55. The van der Waals surface area contributed by atoms with Crippen molar-refractivity contribution in [3.63, 3.8) is 0 Å². The van der Waals surface area contributed by atoms with Gasteiger partial charge in [0, 0.05) is 23.7 Å². The molecule has 0 spiro atoms. The molecule has 1 aliphatic rings. The van der Waals surface area contributed by atoms with Gasteiger partial charge in [0.05, 0.1) is 14.2 Å². The number of hydrogen-bond donors (Lipinski definition) is 1. The van der Waals surface area contributed by atoms with Gasteiger partial charge in [-0.05, 0) is 37.5 Å². The third-order valence-electron chi connectivity index (χ3n) is 5.00. The molecule has 1 aromatic carbocycles. The number of methoxy groups -OCH3 is 2. The standard InChI is InChI=1S/C20H30FN3O3S/c1-12(2)16-18(26-5)24-17(19(23-16)27-6)15(11-20(3,4)28(22)25)13-8-7-9-14(21)10-13/h7-10,12,15-17H,11,22H2,1-6H3/t15-,16-,17+,28?/m1/s1. The third kappa shape index (κ3) is 5.04. The molecule has 1 heterocycles. The van der Waals surface area contributed by atoms with E-state index in [0.29, 0.717) is 18.2 Å². The van der Waals surface area contributed by atoms with E-state index in [1.165, 1.54) is 12.1 Å². The molecule has 2 N–H and O–H groups in total. The summed E-state index contributed by atoms with van der Waals surface area (Å²) in [5.41, 5.74) is 0.718. The highest BCUT2D eigenvalue weighted by Gasteiger charge is 2.42. The Morgan fingerprint density at radius 2 is 1.75 bits per heavy atom. The van der Waals surface area contributed by atoms with Gasteiger partial charge in [-0.25, -0.2) is 14.4 Å². The first-order chi connectivity index (χ1) is 13.1. The number of benzene rings is 1. The SMILES string of the molecule is COC1=N[C@H](C(C)C)C(OC)=N[C@H]1[C@H](CC(C)(C)[S+](N)[O-])c1cccc(F)c1. The molecule has 1 aromatic rings. The number of nitrogens with two attached hydrogens (primary N) is 1. The maximum Gasteiger partial charge on any atom is 0.210 e. The minimum atomic E-state index is -1.57. The van der Waals surface area contributed by atoms with Crippen LogP contribution in [0.5, 0.6) is 0 Å². The molecule has 0 aliphatic carbocycles. The Bertz CT molecular complexity index is 737. The van der Waals surface area contributed by atoms with Gasteiger partial charge in [-0.1, -0.05) is 26.0 Å². The van der Waals surface area contributed by atoms with Gasteiger partial charge in [0.2, 0.25) is 11.8 Å². The van der Waals surface area contributed by atoms with Gasteiger partial charge in [-0.15, -0.1) is 0 Å². The normalized spacial score (nSPS) is 22.4. The van der Waals surface area contributed by atoms with Crippen molar-refractivity contribution in [3.05, 3.63) is 35.6 Å². The van der Waals surface area contributed by atoms with Gasteiger partial charge in [0.25, 0.3) is 0 Å². The van der Waals surface area contributed by atoms with E-state index in [-0.39, 0.29) is 23.7 Å². The number of aliphatic imine (C=N–C) groups is 2. The Labute approximate surface area is 169 Å². The molecular weight excluding hydrogens is 381 g/mol. The summed E-state index contributed by atoms with van der Waals surface area (Å²) in [6.45, 7) is 7.70. The molecule has 0 saturated heterocycles. The molecule has 2 rings (SSSR count). The summed E-state index contributed by atoms with van der Waals surface area (Å²) >= 11 is -1.57. The molecule has 6 nitrogen and oxygen atoms in total. The van der Waals surface area contributed by atoms with E-state index in [4.69, 9.17) is 24.6 Å². The van der Waals surface area contributed by atoms with Crippen LogP contribution in [0.2, 0.25) is 0 Å². The molecule has 28 heavy (non-hydrogen) atoms. The molecule has 0 bridgehead atoms. The van der Waals surface area contributed by atoms with E-state index >= 15 is 0 Å². The zero-order chi connectivity index (χ0) is 21.1. The largest absolute Gasteiger partial charge is 0.598 e. The molecule has 1 unspecified atom stereocenters. The van der Waals surface area contributed by atoms with Crippen LogP contribution in [-0.4, -0.2) is 47.4 Å². The van der Waals surface area contributed by atoms with E-state index in [1.807, 2.05) is 33.8 Å². The van der Waals surface area contributed by atoms with Gasteiger partial charge in [-0.2, -0.15) is 5.14 Å². The fourth-order valence-corrected chi connectivity index (χ4v) is 3.69. The quantitative estimate of drug-likeness (QED) is 0.728. The van der Waals surface area contributed by atoms with E-state index in [2.05, 4.69) is 0 Å². The van der Waals surface area contributed by atoms with Crippen LogP contribution in [0.4, 0.5) is 4.39 Å². The zero-order valence-corrected chi connectivity index (χ0v) is 18.1. The van der Waals surface area contributed by atoms with Crippen LogP contribution < -0.4 is 5.14 Å². The fraction of sp³-hybridized carbons (Fsp3) is 0.600. The molecule has 0 saturated carbocycles. The van der Waals surface area contributed by atoms with Crippen LogP contribution in [0.15, 0.2) is 34.3 Å². The predicted molar refractivity (Wildman–Crippen MR) is 111 cm³/mol. The topological polar surface area (TPSA) is 92.3 Å². The van der Waals surface area contributed by atoms with Crippen molar-refractivity contribution < 1.29 is 18.4 Å². The van der Waals surface area contributed by atoms with E-state index < -0.39 is 22.2 Å². The molecule has 0 amide bonds. The van der Waals surface area contributed by atoms with Crippen molar-refractivity contribution in [2.45, 2.75) is 56.9 Å². The molecule has 1 aliphatic heterocycles. The number of nitrogens with zero attached hydrogens (tertiary/aromatic N) is 2. The summed E-state index contributed by atoms with van der Waals surface area (Å²) in [4.78, 5) is 9.50. The second-order valence-corrected chi connectivity index (χ2v) is 9.60. The Morgan fingerprint density at radius 3 is 2.25 bits per heavy atom. The molecule has 0 fully saturated rings. The molecule has 156 valence electrons. The van der Waals surface area contributed by atoms with E-state index in [9.17, 15) is 8.94 Å². The summed E-state index contributed by atoms with van der Waals surface area (Å²) in [7, 11) is 3.11. The second-order valence-electron chi connectivity index (χ2n) is 7.90. The Morgan fingerprint density at radius 1 is 1.18 bits per heavy atom. The van der Waals surface area contributed by atoms with Crippen molar-refractivity contribution in [2.24, 2.45) is 21.0 Å². The highest BCUT2D eigenvalue weighted by Crippen LogP contribution is 2.36. The van der Waals surface area contributed by atoms with Crippen LogP contribution in [-0.2, 0) is 20.8 Å². The van der Waals surface area contributed by atoms with Crippen molar-refractivity contribution in [2.75, 3.05) is 14.2 Å². The predicted octanol–water partition coefficient (Wildman–Crippen LogP) is 3.20. The van der Waals surface area contributed by atoms with Gasteiger partial charge >= 0.3 is 0 Å². The van der Waals surface area contributed by atoms with Crippen molar-refractivity contribution >= 4 is 23.2 Å². The average Bonchev–Trinajstić information content (AvgIpc) is 2.64. The van der Waals surface area contributed by atoms with Crippen LogP contribution >= 0.6 is 0 Å². The lowest BCUT2D eigenvalue weighted by Gasteiger charge is -2.35. The number of ether oxygens (including phenoxy) is 2. The maximum atomic E-state index is 14.0. The van der Waals surface area contributed by atoms with Crippen LogP contribution in [0.1, 0.15) is 45.6 Å². The van der Waals surface area contributed by atoms with Gasteiger partial charge in [-0.3, -0.25) is 0 Å². The molecule has 4 atom stereocenters. The molecule has 0 radical (unpaired) electrons. The smallest absolute Gasteiger partial charge is 0.210 e. The summed E-state index contributed by atoms with van der Waals surface area (Å²) in [6.07, 6.45) is 0.402. The second kappa shape index (κ2) is 9.24. The van der Waals surface area contributed by atoms with Gasteiger partial charge < -0.3 is 14.0 Å². The highest BCUT2D eigenvalue weighted by molar-refractivity contribution is 7.90. The first-order valence-corrected chi connectivity index (χ1v) is 10.5.